The Bertz CT molecular complexity index is 1390. The molecular weight excluding hydrogens is 445 g/mol. The number of anilines is 1. The van der Waals surface area contributed by atoms with Crippen LogP contribution < -0.4 is 10.6 Å². The first-order valence-corrected chi connectivity index (χ1v) is 11.2. The smallest absolute Gasteiger partial charge is 0.386 e. The Labute approximate surface area is 192 Å². The molecule has 0 saturated carbocycles. The first-order valence-electron chi connectivity index (χ1n) is 10.3. The molecule has 5 rings (SSSR count). The van der Waals surface area contributed by atoms with Gasteiger partial charge in [-0.25, -0.2) is 9.97 Å². The summed E-state index contributed by atoms with van der Waals surface area (Å²) >= 11 is 1.61. The van der Waals surface area contributed by atoms with Crippen LogP contribution in [0.1, 0.15) is 17.4 Å². The first kappa shape index (κ1) is 21.2. The number of nitrogens with one attached hydrogen (secondary N) is 2. The minimum absolute atomic E-state index is 0.0259. The normalized spacial score (nSPS) is 14.2. The number of allylic oxidation sites excluding steroid dienone is 1. The van der Waals surface area contributed by atoms with E-state index in [1.165, 1.54) is 12.1 Å². The molecule has 0 spiro atoms. The van der Waals surface area contributed by atoms with Gasteiger partial charge in [-0.15, -0.1) is 11.3 Å². The largest absolute Gasteiger partial charge is 0.417 e. The predicted octanol–water partition coefficient (Wildman–Crippen LogP) is 6.71. The number of halogens is 3. The van der Waals surface area contributed by atoms with E-state index in [-0.39, 0.29) is 11.4 Å². The van der Waals surface area contributed by atoms with E-state index in [2.05, 4.69) is 20.6 Å². The van der Waals surface area contributed by atoms with Crippen molar-refractivity contribution in [3.8, 4) is 11.4 Å². The lowest BCUT2D eigenvalue weighted by atomic mass is 10.0. The highest BCUT2D eigenvalue weighted by molar-refractivity contribution is 7.11. The molecule has 0 radical (unpaired) electrons. The summed E-state index contributed by atoms with van der Waals surface area (Å²) in [6, 6.07) is 16.7. The Kier molecular flexibility index (Phi) is 5.38. The molecule has 0 unspecified atom stereocenters. The maximum Gasteiger partial charge on any atom is 0.417 e. The lowest BCUT2D eigenvalue weighted by molar-refractivity contribution is -0.137. The number of alkyl halides is 3. The number of thiophene rings is 1. The third-order valence-electron chi connectivity index (χ3n) is 5.42. The predicted molar refractivity (Wildman–Crippen MR) is 127 cm³/mol. The van der Waals surface area contributed by atoms with Gasteiger partial charge in [0.2, 0.25) is 0 Å². The lowest BCUT2D eigenvalue weighted by Gasteiger charge is -2.22. The number of rotatable bonds is 4. The SMILES string of the molecule is CC1=C(Nc2nc(-c3ccccc3C(F)(F)F)nc3ccccc23)C(c2cccs2)=CNC1. The van der Waals surface area contributed by atoms with Gasteiger partial charge in [0.1, 0.15) is 5.82 Å². The van der Waals surface area contributed by atoms with Crippen LogP contribution in [0.15, 0.2) is 83.5 Å². The topological polar surface area (TPSA) is 49.8 Å². The number of dihydropyridines is 1. The summed E-state index contributed by atoms with van der Waals surface area (Å²) in [5, 5.41) is 9.44. The van der Waals surface area contributed by atoms with Crippen molar-refractivity contribution < 1.29 is 13.2 Å². The van der Waals surface area contributed by atoms with Crippen molar-refractivity contribution in [2.24, 2.45) is 0 Å². The highest BCUT2D eigenvalue weighted by Crippen LogP contribution is 2.38. The second kappa shape index (κ2) is 8.37. The van der Waals surface area contributed by atoms with Gasteiger partial charge in [-0.05, 0) is 42.1 Å². The Morgan fingerprint density at radius 3 is 2.55 bits per heavy atom. The lowest BCUT2D eigenvalue weighted by Crippen LogP contribution is -2.20. The van der Waals surface area contributed by atoms with Crippen molar-refractivity contribution in [1.29, 1.82) is 0 Å². The fourth-order valence-electron chi connectivity index (χ4n) is 3.83. The Balaban J connectivity index is 1.67. The number of hydrogen-bond donors (Lipinski definition) is 2. The third-order valence-corrected chi connectivity index (χ3v) is 6.32. The average molecular weight is 465 g/mol. The van der Waals surface area contributed by atoms with E-state index < -0.39 is 11.7 Å². The van der Waals surface area contributed by atoms with Gasteiger partial charge in [0.25, 0.3) is 0 Å². The quantitative estimate of drug-likeness (QED) is 0.353. The van der Waals surface area contributed by atoms with Crippen LogP contribution in [-0.4, -0.2) is 16.5 Å². The van der Waals surface area contributed by atoms with Crippen LogP contribution in [0.2, 0.25) is 0 Å². The summed E-state index contributed by atoms with van der Waals surface area (Å²) in [6.07, 6.45) is -2.56. The number of nitrogens with zero attached hydrogens (tertiary/aromatic N) is 2. The zero-order chi connectivity index (χ0) is 23.0. The van der Waals surface area contributed by atoms with E-state index in [0.717, 1.165) is 33.2 Å². The molecule has 3 heterocycles. The summed E-state index contributed by atoms with van der Waals surface area (Å²) in [4.78, 5) is 10.1. The monoisotopic (exact) mass is 464 g/mol. The summed E-state index contributed by atoms with van der Waals surface area (Å²) in [6.45, 7) is 2.67. The molecule has 4 aromatic rings. The zero-order valence-electron chi connectivity index (χ0n) is 17.6. The van der Waals surface area contributed by atoms with Crippen molar-refractivity contribution >= 4 is 33.6 Å². The summed E-state index contributed by atoms with van der Waals surface area (Å²) in [7, 11) is 0. The fourth-order valence-corrected chi connectivity index (χ4v) is 4.58. The van der Waals surface area contributed by atoms with Crippen LogP contribution in [0.25, 0.3) is 27.9 Å². The molecule has 0 atom stereocenters. The van der Waals surface area contributed by atoms with Gasteiger partial charge in [-0.2, -0.15) is 13.2 Å². The molecule has 0 aliphatic carbocycles. The maximum absolute atomic E-state index is 13.7. The van der Waals surface area contributed by atoms with Crippen LogP contribution in [-0.2, 0) is 6.18 Å². The minimum Gasteiger partial charge on any atom is -0.386 e. The van der Waals surface area contributed by atoms with Crippen molar-refractivity contribution in [1.82, 2.24) is 15.3 Å². The van der Waals surface area contributed by atoms with E-state index in [9.17, 15) is 13.2 Å². The summed E-state index contributed by atoms with van der Waals surface area (Å²) < 4.78 is 41.1. The van der Waals surface area contributed by atoms with Gasteiger partial charge in [-0.3, -0.25) is 0 Å². The number of benzene rings is 2. The van der Waals surface area contributed by atoms with Crippen molar-refractivity contribution in [2.45, 2.75) is 13.1 Å². The van der Waals surface area contributed by atoms with Gasteiger partial charge in [0.15, 0.2) is 5.82 Å². The fraction of sp³-hybridized carbons (Fsp3) is 0.120. The molecule has 0 saturated heterocycles. The second-order valence-electron chi connectivity index (χ2n) is 7.65. The van der Waals surface area contributed by atoms with Crippen LogP contribution in [0, 0.1) is 0 Å². The van der Waals surface area contributed by atoms with E-state index in [1.807, 2.05) is 48.8 Å². The van der Waals surface area contributed by atoms with E-state index in [4.69, 9.17) is 0 Å². The molecule has 0 amide bonds. The molecule has 166 valence electrons. The number of hydrogen-bond acceptors (Lipinski definition) is 5. The first-order chi connectivity index (χ1) is 15.9. The number of aromatic nitrogens is 2. The number of fused-ring (bicyclic) bond motifs is 1. The van der Waals surface area contributed by atoms with Crippen molar-refractivity contribution in [3.63, 3.8) is 0 Å². The van der Waals surface area contributed by atoms with E-state index >= 15 is 0 Å². The summed E-state index contributed by atoms with van der Waals surface area (Å²) in [5.41, 5.74) is 2.69. The Morgan fingerprint density at radius 2 is 1.76 bits per heavy atom. The third kappa shape index (κ3) is 4.09. The molecule has 33 heavy (non-hydrogen) atoms. The molecule has 0 fully saturated rings. The standard InChI is InChI=1S/C25H19F3N4S/c1-15-13-29-14-18(21-11-6-12-33-21)22(15)31-24-17-8-3-5-10-20(17)30-23(32-24)16-7-2-4-9-19(16)25(26,27)28/h2-12,14,29H,13H2,1H3,(H,30,31,32). The van der Waals surface area contributed by atoms with Crippen LogP contribution >= 0.6 is 11.3 Å². The molecular formula is C25H19F3N4S. The van der Waals surface area contributed by atoms with E-state index in [1.54, 1.807) is 23.5 Å². The van der Waals surface area contributed by atoms with Gasteiger partial charge < -0.3 is 10.6 Å². The van der Waals surface area contributed by atoms with Crippen LogP contribution in [0.4, 0.5) is 19.0 Å². The molecule has 8 heteroatoms. The van der Waals surface area contributed by atoms with E-state index in [0.29, 0.717) is 17.9 Å². The Hall–Kier alpha value is -3.65. The average Bonchev–Trinajstić information content (AvgIpc) is 3.34. The van der Waals surface area contributed by atoms with Gasteiger partial charge >= 0.3 is 6.18 Å². The van der Waals surface area contributed by atoms with Gasteiger partial charge in [-0.1, -0.05) is 36.4 Å². The molecule has 1 aliphatic rings. The zero-order valence-corrected chi connectivity index (χ0v) is 18.4. The Morgan fingerprint density at radius 1 is 0.970 bits per heavy atom. The minimum atomic E-state index is -4.51. The highest BCUT2D eigenvalue weighted by Gasteiger charge is 2.34. The second-order valence-corrected chi connectivity index (χ2v) is 8.60. The highest BCUT2D eigenvalue weighted by atomic mass is 32.1. The molecule has 0 bridgehead atoms. The van der Waals surface area contributed by atoms with Crippen molar-refractivity contribution in [3.05, 3.63) is 94.0 Å². The molecule has 2 N–H and O–H groups in total. The van der Waals surface area contributed by atoms with Crippen LogP contribution in [0.3, 0.4) is 0 Å². The van der Waals surface area contributed by atoms with Crippen molar-refractivity contribution in [2.75, 3.05) is 11.9 Å². The molecule has 2 aromatic carbocycles. The number of para-hydroxylation sites is 1. The van der Waals surface area contributed by atoms with Gasteiger partial charge in [0.05, 0.1) is 16.8 Å². The molecule has 1 aliphatic heterocycles. The molecule has 2 aromatic heterocycles. The maximum atomic E-state index is 13.7. The molecule has 4 nitrogen and oxygen atoms in total. The van der Waals surface area contributed by atoms with Crippen LogP contribution in [0.5, 0.6) is 0 Å². The summed E-state index contributed by atoms with van der Waals surface area (Å²) in [5.74, 6) is 0.490. The van der Waals surface area contributed by atoms with Gasteiger partial charge in [0, 0.05) is 34.1 Å².